The molecule has 13 nitrogen and oxygen atoms in total. The molecule has 0 spiro atoms. The van der Waals surface area contributed by atoms with Crippen molar-refractivity contribution in [1.29, 1.82) is 0 Å². The highest BCUT2D eigenvalue weighted by Crippen LogP contribution is 2.37. The lowest BCUT2D eigenvalue weighted by molar-refractivity contribution is -0.122. The van der Waals surface area contributed by atoms with Crippen molar-refractivity contribution in [3.05, 3.63) is 96.0 Å². The van der Waals surface area contributed by atoms with E-state index in [1.54, 1.807) is 10.8 Å². The highest BCUT2D eigenvalue weighted by atomic mass is 32.1. The fourth-order valence-electron chi connectivity index (χ4n) is 5.95. The number of amides is 4. The number of carbonyl (C=O) groups is 4. The zero-order valence-corrected chi connectivity index (χ0v) is 30.3. The molecule has 4 N–H and O–H groups in total. The summed E-state index contributed by atoms with van der Waals surface area (Å²) >= 11 is 2.60. The van der Waals surface area contributed by atoms with Crippen LogP contribution in [0.3, 0.4) is 0 Å². The summed E-state index contributed by atoms with van der Waals surface area (Å²) in [6.07, 6.45) is 5.23. The SMILES string of the molecule is CC(C)C[C@@H]1NC(=O)CCCN(C(=O)c2cnc(C3CC3)[nH]c2=O)CCCNC(=O)c2csc(n2)[C@H](Cc2ccccc2)NC(=O)c2csc1n2. The Bertz CT molecular complexity index is 1920. The van der Waals surface area contributed by atoms with Gasteiger partial charge in [0, 0.05) is 48.9 Å². The van der Waals surface area contributed by atoms with Crippen molar-refractivity contribution in [3.63, 3.8) is 0 Å². The molecule has 4 aromatic rings. The van der Waals surface area contributed by atoms with Gasteiger partial charge in [0.05, 0.1) is 12.1 Å². The average Bonchev–Trinajstić information content (AvgIpc) is 3.62. The number of thiazole rings is 2. The standard InChI is InChI=1S/C36H42N8O5S2/c1-21(2)16-25-34-42-28(20-51-34)33(48)40-26(17-22-8-4-3-5-9-22)35-41-27(19-50-35)32(47)37-13-7-15-44(14-6-10-29(45)39-25)36(49)24-18-38-30(23-11-12-23)43-31(24)46/h3-5,8-9,18-21,23,25-26H,6-7,10-17H2,1-2H3,(H,37,47)(H,39,45)(H,40,48)(H,38,43,46)/t25-,26-/m0/s1. The van der Waals surface area contributed by atoms with Crippen LogP contribution in [0.15, 0.2) is 52.1 Å². The maximum atomic E-state index is 13.6. The molecule has 2 aliphatic rings. The number of H-pyrrole nitrogens is 1. The zero-order valence-electron chi connectivity index (χ0n) is 28.6. The Morgan fingerprint density at radius 3 is 2.27 bits per heavy atom. The smallest absolute Gasteiger partial charge is 0.271 e. The van der Waals surface area contributed by atoms with Crippen LogP contribution in [0.2, 0.25) is 0 Å². The molecule has 4 bridgehead atoms. The Kier molecular flexibility index (Phi) is 11.7. The summed E-state index contributed by atoms with van der Waals surface area (Å²) in [5.41, 5.74) is 0.913. The van der Waals surface area contributed by atoms with E-state index in [4.69, 9.17) is 0 Å². The van der Waals surface area contributed by atoms with E-state index in [1.165, 1.54) is 33.8 Å². The van der Waals surface area contributed by atoms with Gasteiger partial charge < -0.3 is 25.8 Å². The first-order valence-electron chi connectivity index (χ1n) is 17.4. The van der Waals surface area contributed by atoms with Crippen molar-refractivity contribution in [2.45, 2.75) is 76.8 Å². The summed E-state index contributed by atoms with van der Waals surface area (Å²) in [4.78, 5) is 84.4. The van der Waals surface area contributed by atoms with Crippen molar-refractivity contribution < 1.29 is 19.2 Å². The number of aromatic amines is 1. The van der Waals surface area contributed by atoms with Gasteiger partial charge in [-0.25, -0.2) is 15.0 Å². The first-order valence-corrected chi connectivity index (χ1v) is 19.1. The second kappa shape index (κ2) is 16.5. The topological polar surface area (TPSA) is 179 Å². The van der Waals surface area contributed by atoms with Crippen molar-refractivity contribution in [3.8, 4) is 0 Å². The van der Waals surface area contributed by atoms with Crippen LogP contribution >= 0.6 is 22.7 Å². The Hall–Kier alpha value is -4.76. The van der Waals surface area contributed by atoms with E-state index in [-0.39, 0.29) is 72.6 Å². The second-order valence-electron chi connectivity index (χ2n) is 13.4. The number of aromatic nitrogens is 4. The van der Waals surface area contributed by atoms with Gasteiger partial charge in [0.2, 0.25) is 5.91 Å². The van der Waals surface area contributed by atoms with E-state index >= 15 is 0 Å². The highest BCUT2D eigenvalue weighted by molar-refractivity contribution is 7.10. The molecule has 6 rings (SSSR count). The molecular formula is C36H42N8O5S2. The monoisotopic (exact) mass is 730 g/mol. The average molecular weight is 731 g/mol. The molecule has 1 aromatic carbocycles. The molecule has 1 aliphatic carbocycles. The number of hydrogen-bond donors (Lipinski definition) is 4. The van der Waals surface area contributed by atoms with Crippen LogP contribution in [0.4, 0.5) is 0 Å². The minimum absolute atomic E-state index is 0.0572. The van der Waals surface area contributed by atoms with Gasteiger partial charge in [-0.1, -0.05) is 44.2 Å². The maximum Gasteiger partial charge on any atom is 0.271 e. The Labute approximate surface area is 303 Å². The summed E-state index contributed by atoms with van der Waals surface area (Å²) in [6.45, 7) is 4.83. The maximum absolute atomic E-state index is 13.6. The number of rotatable bonds is 6. The van der Waals surface area contributed by atoms with E-state index in [0.717, 1.165) is 18.4 Å². The second-order valence-corrected chi connectivity index (χ2v) is 15.2. The van der Waals surface area contributed by atoms with E-state index in [0.29, 0.717) is 41.5 Å². The van der Waals surface area contributed by atoms with Crippen molar-refractivity contribution in [1.82, 2.24) is 40.8 Å². The number of nitrogens with zero attached hydrogens (tertiary/aromatic N) is 4. The summed E-state index contributed by atoms with van der Waals surface area (Å²) in [7, 11) is 0. The van der Waals surface area contributed by atoms with Crippen LogP contribution < -0.4 is 21.5 Å². The molecule has 1 aliphatic heterocycles. The van der Waals surface area contributed by atoms with Gasteiger partial charge in [-0.2, -0.15) is 0 Å². The molecule has 4 heterocycles. The quantitative estimate of drug-likeness (QED) is 0.223. The molecule has 1 saturated carbocycles. The number of fused-ring (bicyclic) bond motifs is 4. The Morgan fingerprint density at radius 2 is 1.59 bits per heavy atom. The normalized spacial score (nSPS) is 19.5. The summed E-state index contributed by atoms with van der Waals surface area (Å²) in [5.74, 6) is -0.367. The third kappa shape index (κ3) is 9.52. The van der Waals surface area contributed by atoms with Crippen LogP contribution in [0.5, 0.6) is 0 Å². The van der Waals surface area contributed by atoms with Crippen LogP contribution in [-0.4, -0.2) is 68.1 Å². The number of nitrogens with one attached hydrogen (secondary N) is 4. The molecule has 4 amide bonds. The van der Waals surface area contributed by atoms with Gasteiger partial charge in [0.25, 0.3) is 23.3 Å². The predicted molar refractivity (Wildman–Crippen MR) is 194 cm³/mol. The Morgan fingerprint density at radius 1 is 0.902 bits per heavy atom. The van der Waals surface area contributed by atoms with Crippen LogP contribution in [0.25, 0.3) is 0 Å². The van der Waals surface area contributed by atoms with E-state index in [2.05, 4.69) is 49.7 Å². The number of carbonyl (C=O) groups excluding carboxylic acids is 4. The largest absolute Gasteiger partial charge is 0.351 e. The van der Waals surface area contributed by atoms with Crippen LogP contribution in [0, 0.1) is 5.92 Å². The van der Waals surface area contributed by atoms with Gasteiger partial charge in [-0.15, -0.1) is 22.7 Å². The minimum Gasteiger partial charge on any atom is -0.351 e. The molecule has 1 fully saturated rings. The lowest BCUT2D eigenvalue weighted by Crippen LogP contribution is -2.38. The highest BCUT2D eigenvalue weighted by Gasteiger charge is 2.29. The molecule has 268 valence electrons. The third-order valence-corrected chi connectivity index (χ3v) is 10.7. The molecule has 0 saturated heterocycles. The lowest BCUT2D eigenvalue weighted by atomic mass is 10.0. The van der Waals surface area contributed by atoms with E-state index < -0.39 is 23.6 Å². The molecule has 51 heavy (non-hydrogen) atoms. The number of hydrogen-bond acceptors (Lipinski definition) is 10. The third-order valence-electron chi connectivity index (χ3n) is 8.76. The molecule has 2 atom stereocenters. The molecule has 15 heteroatoms. The van der Waals surface area contributed by atoms with E-state index in [9.17, 15) is 24.0 Å². The van der Waals surface area contributed by atoms with Crippen molar-refractivity contribution in [2.24, 2.45) is 5.92 Å². The number of benzene rings is 1. The lowest BCUT2D eigenvalue weighted by Gasteiger charge is -2.23. The Balaban J connectivity index is 1.25. The summed E-state index contributed by atoms with van der Waals surface area (Å²) < 4.78 is 0. The van der Waals surface area contributed by atoms with Gasteiger partial charge in [0.1, 0.15) is 32.8 Å². The first kappa shape index (κ1) is 36.0. The van der Waals surface area contributed by atoms with E-state index in [1.807, 2.05) is 30.3 Å². The molecular weight excluding hydrogens is 689 g/mol. The zero-order chi connectivity index (χ0) is 35.9. The fraction of sp³-hybridized carbons (Fsp3) is 0.444. The minimum atomic E-state index is -0.521. The van der Waals surface area contributed by atoms with Crippen molar-refractivity contribution in [2.75, 3.05) is 19.6 Å². The first-order chi connectivity index (χ1) is 24.6. The van der Waals surface area contributed by atoms with Gasteiger partial charge in [-0.05, 0) is 50.0 Å². The fourth-order valence-corrected chi connectivity index (χ4v) is 7.66. The van der Waals surface area contributed by atoms with Gasteiger partial charge in [0.15, 0.2) is 0 Å². The van der Waals surface area contributed by atoms with Gasteiger partial charge >= 0.3 is 0 Å². The van der Waals surface area contributed by atoms with Crippen LogP contribution in [-0.2, 0) is 11.2 Å². The molecule has 0 unspecified atom stereocenters. The predicted octanol–water partition coefficient (Wildman–Crippen LogP) is 4.53. The van der Waals surface area contributed by atoms with Crippen molar-refractivity contribution >= 4 is 46.3 Å². The summed E-state index contributed by atoms with van der Waals surface area (Å²) in [5, 5.41) is 13.6. The molecule has 3 aromatic heterocycles. The summed E-state index contributed by atoms with van der Waals surface area (Å²) in [6, 6.07) is 8.79. The van der Waals surface area contributed by atoms with Crippen LogP contribution in [0.1, 0.15) is 123 Å². The van der Waals surface area contributed by atoms with Gasteiger partial charge in [-0.3, -0.25) is 24.0 Å². The molecule has 0 radical (unpaired) electrons.